The Labute approximate surface area is 167 Å². The van der Waals surface area contributed by atoms with Gasteiger partial charge in [-0.1, -0.05) is 18.2 Å². The maximum atomic E-state index is 13.0. The number of aromatic nitrogens is 3. The number of carbonyl (C=O) groups excluding carboxylic acids is 2. The van der Waals surface area contributed by atoms with Crippen LogP contribution in [0.2, 0.25) is 0 Å². The minimum Gasteiger partial charge on any atom is -0.466 e. The van der Waals surface area contributed by atoms with Crippen LogP contribution in [-0.2, 0) is 27.9 Å². The molecule has 29 heavy (non-hydrogen) atoms. The van der Waals surface area contributed by atoms with Crippen molar-refractivity contribution in [3.63, 3.8) is 0 Å². The van der Waals surface area contributed by atoms with Crippen LogP contribution in [-0.4, -0.2) is 50.8 Å². The molecule has 1 aromatic carbocycles. The number of rotatable bonds is 4. The molecule has 152 valence electrons. The lowest BCUT2D eigenvalue weighted by Gasteiger charge is -2.30. The normalized spacial score (nSPS) is 15.2. The summed E-state index contributed by atoms with van der Waals surface area (Å²) in [5.41, 5.74) is 1.21. The van der Waals surface area contributed by atoms with Gasteiger partial charge in [0, 0.05) is 36.4 Å². The number of para-hydroxylation sites is 1. The fourth-order valence-corrected chi connectivity index (χ4v) is 4.08. The van der Waals surface area contributed by atoms with E-state index in [1.54, 1.807) is 18.0 Å². The zero-order valence-corrected chi connectivity index (χ0v) is 16.6. The minimum absolute atomic E-state index is 0.111. The second-order valence-corrected chi connectivity index (χ2v) is 7.35. The first-order valence-corrected chi connectivity index (χ1v) is 9.89. The van der Waals surface area contributed by atoms with E-state index in [1.165, 1.54) is 4.68 Å². The number of carbonyl (C=O) groups is 2. The van der Waals surface area contributed by atoms with Crippen molar-refractivity contribution < 1.29 is 14.3 Å². The zero-order chi connectivity index (χ0) is 20.5. The maximum absolute atomic E-state index is 13.0. The van der Waals surface area contributed by atoms with Gasteiger partial charge in [0.1, 0.15) is 12.1 Å². The molecule has 0 radical (unpaired) electrons. The number of hydrogen-bond donors (Lipinski definition) is 0. The van der Waals surface area contributed by atoms with Gasteiger partial charge in [-0.05, 0) is 25.8 Å². The largest absolute Gasteiger partial charge is 0.466 e. The molecule has 1 fully saturated rings. The summed E-state index contributed by atoms with van der Waals surface area (Å²) in [4.78, 5) is 39.3. The first-order chi connectivity index (χ1) is 14.0. The summed E-state index contributed by atoms with van der Waals surface area (Å²) >= 11 is 0. The molecule has 0 bridgehead atoms. The molecule has 1 aliphatic heterocycles. The van der Waals surface area contributed by atoms with Crippen molar-refractivity contribution in [2.24, 2.45) is 13.0 Å². The van der Waals surface area contributed by atoms with Crippen molar-refractivity contribution in [3.8, 4) is 0 Å². The summed E-state index contributed by atoms with van der Waals surface area (Å²) in [5.74, 6) is -0.522. The molecule has 0 aliphatic carbocycles. The lowest BCUT2D eigenvalue weighted by atomic mass is 9.97. The van der Waals surface area contributed by atoms with Crippen LogP contribution in [0.25, 0.3) is 21.8 Å². The van der Waals surface area contributed by atoms with Gasteiger partial charge in [0.25, 0.3) is 5.56 Å². The Kier molecular flexibility index (Phi) is 5.08. The molecule has 0 unspecified atom stereocenters. The van der Waals surface area contributed by atoms with E-state index in [0.717, 1.165) is 16.3 Å². The Morgan fingerprint density at radius 1 is 1.17 bits per heavy atom. The van der Waals surface area contributed by atoms with Crippen LogP contribution >= 0.6 is 0 Å². The first-order valence-electron chi connectivity index (χ1n) is 9.89. The van der Waals surface area contributed by atoms with Crippen molar-refractivity contribution in [3.05, 3.63) is 40.8 Å². The number of aryl methyl sites for hydroxylation is 1. The number of benzene rings is 1. The molecule has 8 nitrogen and oxygen atoms in total. The highest BCUT2D eigenvalue weighted by Gasteiger charge is 2.28. The summed E-state index contributed by atoms with van der Waals surface area (Å²) in [5, 5.41) is 5.99. The molecule has 2 aromatic heterocycles. The molecule has 1 aliphatic rings. The maximum Gasteiger partial charge on any atom is 0.309 e. The molecule has 0 saturated carbocycles. The van der Waals surface area contributed by atoms with E-state index >= 15 is 0 Å². The number of likely N-dealkylation sites (tertiary alicyclic amines) is 1. The van der Waals surface area contributed by atoms with E-state index < -0.39 is 0 Å². The number of piperidine rings is 1. The SMILES string of the molecule is CCOC(=O)C1CCN(C(=O)Cn2ncc3c4ccccc4n(C)c3c2=O)CC1. The van der Waals surface area contributed by atoms with Crippen LogP contribution in [0.3, 0.4) is 0 Å². The quantitative estimate of drug-likeness (QED) is 0.627. The molecule has 1 saturated heterocycles. The predicted octanol–water partition coefficient (Wildman–Crippen LogP) is 1.69. The van der Waals surface area contributed by atoms with E-state index in [2.05, 4.69) is 5.10 Å². The predicted molar refractivity (Wildman–Crippen MR) is 108 cm³/mol. The highest BCUT2D eigenvalue weighted by atomic mass is 16.5. The number of nitrogens with zero attached hydrogens (tertiary/aromatic N) is 4. The van der Waals surface area contributed by atoms with Gasteiger partial charge in [0.15, 0.2) is 0 Å². The van der Waals surface area contributed by atoms with Crippen molar-refractivity contribution in [1.29, 1.82) is 0 Å². The highest BCUT2D eigenvalue weighted by molar-refractivity contribution is 6.07. The van der Waals surface area contributed by atoms with Crippen LogP contribution in [0.5, 0.6) is 0 Å². The van der Waals surface area contributed by atoms with Gasteiger partial charge < -0.3 is 14.2 Å². The van der Waals surface area contributed by atoms with E-state index in [-0.39, 0.29) is 29.9 Å². The number of amides is 1. The van der Waals surface area contributed by atoms with Crippen molar-refractivity contribution in [2.45, 2.75) is 26.3 Å². The van der Waals surface area contributed by atoms with Gasteiger partial charge in [0.05, 0.1) is 18.7 Å². The van der Waals surface area contributed by atoms with E-state index in [4.69, 9.17) is 4.74 Å². The van der Waals surface area contributed by atoms with Crippen molar-refractivity contribution in [1.82, 2.24) is 19.2 Å². The standard InChI is InChI=1S/C21H24N4O4/c1-3-29-21(28)14-8-10-24(11-9-14)18(26)13-25-20(27)19-16(12-22-25)15-6-4-5-7-17(15)23(19)2/h4-7,12,14H,3,8-11,13H2,1-2H3. The lowest BCUT2D eigenvalue weighted by molar-refractivity contribution is -0.151. The van der Waals surface area contributed by atoms with E-state index in [0.29, 0.717) is 38.1 Å². The molecule has 0 spiro atoms. The Morgan fingerprint density at radius 2 is 1.90 bits per heavy atom. The van der Waals surface area contributed by atoms with Gasteiger partial charge in [-0.3, -0.25) is 14.4 Å². The first kappa shape index (κ1) is 19.2. The third-order valence-electron chi connectivity index (χ3n) is 5.66. The van der Waals surface area contributed by atoms with Gasteiger partial charge in [0.2, 0.25) is 5.91 Å². The molecule has 3 heterocycles. The van der Waals surface area contributed by atoms with Gasteiger partial charge in [-0.25, -0.2) is 4.68 Å². The third-order valence-corrected chi connectivity index (χ3v) is 5.66. The van der Waals surface area contributed by atoms with Crippen LogP contribution in [0.1, 0.15) is 19.8 Å². The Balaban J connectivity index is 1.53. The summed E-state index contributed by atoms with van der Waals surface area (Å²) in [7, 11) is 1.85. The molecular weight excluding hydrogens is 372 g/mol. The fourth-order valence-electron chi connectivity index (χ4n) is 4.08. The second kappa shape index (κ2) is 7.69. The number of esters is 1. The molecule has 3 aromatic rings. The van der Waals surface area contributed by atoms with Crippen molar-refractivity contribution in [2.75, 3.05) is 19.7 Å². The molecule has 4 rings (SSSR count). The van der Waals surface area contributed by atoms with Crippen molar-refractivity contribution >= 4 is 33.7 Å². The molecule has 1 amide bonds. The number of fused-ring (bicyclic) bond motifs is 3. The molecular formula is C21H24N4O4. The van der Waals surface area contributed by atoms with E-state index in [1.807, 2.05) is 35.9 Å². The molecule has 8 heteroatoms. The monoisotopic (exact) mass is 396 g/mol. The summed E-state index contributed by atoms with van der Waals surface area (Å²) in [6.45, 7) is 3.00. The highest BCUT2D eigenvalue weighted by Crippen LogP contribution is 2.25. The summed E-state index contributed by atoms with van der Waals surface area (Å²) < 4.78 is 8.14. The Bertz CT molecular complexity index is 1140. The van der Waals surface area contributed by atoms with Crippen LogP contribution in [0.4, 0.5) is 0 Å². The Hall–Kier alpha value is -3.16. The van der Waals surface area contributed by atoms with Crippen LogP contribution in [0.15, 0.2) is 35.3 Å². The Morgan fingerprint density at radius 3 is 2.62 bits per heavy atom. The van der Waals surface area contributed by atoms with Gasteiger partial charge in [-0.2, -0.15) is 5.10 Å². The topological polar surface area (TPSA) is 86.4 Å². The number of ether oxygens (including phenoxy) is 1. The zero-order valence-electron chi connectivity index (χ0n) is 16.6. The second-order valence-electron chi connectivity index (χ2n) is 7.35. The molecule has 0 N–H and O–H groups in total. The average molecular weight is 396 g/mol. The smallest absolute Gasteiger partial charge is 0.309 e. The van der Waals surface area contributed by atoms with Crippen LogP contribution in [0, 0.1) is 5.92 Å². The van der Waals surface area contributed by atoms with E-state index in [9.17, 15) is 14.4 Å². The number of hydrogen-bond acceptors (Lipinski definition) is 5. The van der Waals surface area contributed by atoms with Gasteiger partial charge in [-0.15, -0.1) is 0 Å². The lowest BCUT2D eigenvalue weighted by Crippen LogP contribution is -2.43. The van der Waals surface area contributed by atoms with Gasteiger partial charge >= 0.3 is 5.97 Å². The van der Waals surface area contributed by atoms with Crippen LogP contribution < -0.4 is 5.56 Å². The minimum atomic E-state index is -0.282. The fraction of sp³-hybridized carbons (Fsp3) is 0.429. The molecule has 0 atom stereocenters. The summed E-state index contributed by atoms with van der Waals surface area (Å²) in [6, 6.07) is 7.77. The average Bonchev–Trinajstić information content (AvgIpc) is 3.03. The third kappa shape index (κ3) is 3.39. The summed E-state index contributed by atoms with van der Waals surface area (Å²) in [6.07, 6.45) is 2.81.